The number of halogens is 2. The molecule has 8 rings (SSSR count). The van der Waals surface area contributed by atoms with Gasteiger partial charge in [-0.3, -0.25) is 4.79 Å². The number of primary amides is 1. The molecule has 3 N–H and O–H groups in total. The van der Waals surface area contributed by atoms with Crippen molar-refractivity contribution in [2.75, 3.05) is 20.8 Å². The highest BCUT2D eigenvalue weighted by Crippen LogP contribution is 2.41. The van der Waals surface area contributed by atoms with Gasteiger partial charge < -0.3 is 30.1 Å². The van der Waals surface area contributed by atoms with Gasteiger partial charge in [0.25, 0.3) is 0 Å². The highest BCUT2D eigenvalue weighted by molar-refractivity contribution is 6.31. The number of hydrogen-bond acceptors (Lipinski definition) is 8. The van der Waals surface area contributed by atoms with Crippen molar-refractivity contribution in [3.8, 4) is 45.4 Å². The summed E-state index contributed by atoms with van der Waals surface area (Å²) in [6.45, 7) is 7.47. The molecule has 0 saturated carbocycles. The average molecular weight is 894 g/mol. The van der Waals surface area contributed by atoms with Crippen LogP contribution in [0.1, 0.15) is 63.1 Å². The van der Waals surface area contributed by atoms with Gasteiger partial charge in [-0.1, -0.05) is 71.7 Å². The minimum atomic E-state index is -0.497. The van der Waals surface area contributed by atoms with Crippen LogP contribution in [0.4, 0.5) is 4.79 Å². The third-order valence-electron chi connectivity index (χ3n) is 10.6. The number of rotatable bonds is 11. The molecule has 14 heteroatoms. The Bertz CT molecular complexity index is 2520. The molecule has 0 saturated heterocycles. The lowest BCUT2D eigenvalue weighted by atomic mass is 10.00. The zero-order valence-corrected chi connectivity index (χ0v) is 38.0. The van der Waals surface area contributed by atoms with Gasteiger partial charge in [0.1, 0.15) is 34.8 Å². The van der Waals surface area contributed by atoms with E-state index in [-0.39, 0.29) is 12.0 Å². The Hall–Kier alpha value is -6.11. The summed E-state index contributed by atoms with van der Waals surface area (Å²) in [5.41, 5.74) is 14.6. The number of benzene rings is 4. The first kappa shape index (κ1) is 46.4. The molecule has 330 valence electrons. The quantitative estimate of drug-likeness (QED) is 0.122. The first-order valence-corrected chi connectivity index (χ1v) is 21.6. The van der Waals surface area contributed by atoms with Crippen molar-refractivity contribution in [1.29, 1.82) is 0 Å². The molecule has 4 aromatic carbocycles. The van der Waals surface area contributed by atoms with Crippen molar-refractivity contribution >= 4 is 41.5 Å². The van der Waals surface area contributed by atoms with E-state index in [1.54, 1.807) is 14.2 Å². The molecule has 63 heavy (non-hydrogen) atoms. The number of alkyl carbamates (subject to hydrolysis) is 1. The van der Waals surface area contributed by atoms with Crippen LogP contribution in [0, 0.1) is 11.8 Å². The first-order valence-electron chi connectivity index (χ1n) is 20.9. The fraction of sp³-hybridized carbons (Fsp3) is 0.327. The summed E-state index contributed by atoms with van der Waals surface area (Å²) in [4.78, 5) is 32.1. The van der Waals surface area contributed by atoms with Gasteiger partial charge in [-0.15, -0.1) is 0 Å². The largest absolute Gasteiger partial charge is 0.494 e. The van der Waals surface area contributed by atoms with Crippen LogP contribution in [0.2, 0.25) is 10.0 Å². The zero-order valence-electron chi connectivity index (χ0n) is 36.5. The van der Waals surface area contributed by atoms with E-state index in [4.69, 9.17) is 47.6 Å². The predicted octanol–water partition coefficient (Wildman–Crippen LogP) is 9.83. The van der Waals surface area contributed by atoms with Crippen molar-refractivity contribution in [2.24, 2.45) is 17.6 Å². The zero-order chi connectivity index (χ0) is 45.3. The number of aromatic nitrogens is 4. The summed E-state index contributed by atoms with van der Waals surface area (Å²) in [5, 5.41) is 14.2. The normalized spacial score (nSPS) is 14.9. The fourth-order valence-electron chi connectivity index (χ4n) is 7.98. The number of nitrogens with one attached hydrogen (secondary N) is 1. The lowest BCUT2D eigenvalue weighted by Crippen LogP contribution is -2.33. The van der Waals surface area contributed by atoms with Crippen LogP contribution in [0.5, 0.6) is 11.5 Å². The summed E-state index contributed by atoms with van der Waals surface area (Å²) in [6.07, 6.45) is 5.54. The Kier molecular flexibility index (Phi) is 15.3. The standard InChI is InChI=1S/C26H30ClN3O3.C21H19ClN2O2.C2H5NO/c1-26(2,3)33-25(31)28-14-13-17-15-20-21(16-17)29-30(22-7-5-6-8-23(22)32-4)24(20)18-9-11-19(27)12-10-18;1-26-20-5-3-2-4-19(20)24-21(15-6-8-16(22)9-7-15)17-12-14(10-11-25)13-18(17)23-24;1-2(3)4/h5-12,17H,13-16H2,1-4H3,(H,28,31);2-9,11,14H,10,12-13H2,1H3;1H3,(H2,3,4). The lowest BCUT2D eigenvalue weighted by molar-refractivity contribution is -0.116. The van der Waals surface area contributed by atoms with Gasteiger partial charge in [0.15, 0.2) is 0 Å². The van der Waals surface area contributed by atoms with E-state index < -0.39 is 5.60 Å². The summed E-state index contributed by atoms with van der Waals surface area (Å²) in [6, 6.07) is 31.4. The smallest absolute Gasteiger partial charge is 0.407 e. The number of fused-ring (bicyclic) bond motifs is 2. The first-order chi connectivity index (χ1) is 30.2. The van der Waals surface area contributed by atoms with Gasteiger partial charge in [0, 0.05) is 52.2 Å². The molecule has 0 aliphatic heterocycles. The van der Waals surface area contributed by atoms with Crippen LogP contribution in [0.3, 0.4) is 0 Å². The number of para-hydroxylation sites is 4. The molecule has 2 aromatic heterocycles. The third kappa shape index (κ3) is 11.7. The number of ether oxygens (including phenoxy) is 3. The second-order valence-corrected chi connectivity index (χ2v) is 17.4. The number of carbonyl (C=O) groups excluding carboxylic acids is 3. The van der Waals surface area contributed by atoms with E-state index in [2.05, 4.69) is 11.1 Å². The molecule has 0 bridgehead atoms. The lowest BCUT2D eigenvalue weighted by Gasteiger charge is -2.20. The molecule has 2 heterocycles. The Labute approximate surface area is 378 Å². The molecular weight excluding hydrogens is 839 g/mol. The number of carbonyl (C=O) groups is 3. The van der Waals surface area contributed by atoms with Crippen LogP contribution in [0.15, 0.2) is 97.1 Å². The molecular formula is C49H54Cl2N6O6. The summed E-state index contributed by atoms with van der Waals surface area (Å²) < 4.78 is 20.4. The monoisotopic (exact) mass is 892 g/mol. The second kappa shape index (κ2) is 20.8. The maximum Gasteiger partial charge on any atom is 0.407 e. The van der Waals surface area contributed by atoms with Crippen molar-refractivity contribution in [1.82, 2.24) is 24.9 Å². The molecule has 2 aliphatic rings. The Balaban J connectivity index is 0.000000198. The minimum absolute atomic E-state index is 0.333. The van der Waals surface area contributed by atoms with Gasteiger partial charge in [-0.05, 0) is 113 Å². The van der Waals surface area contributed by atoms with Crippen LogP contribution >= 0.6 is 23.2 Å². The van der Waals surface area contributed by atoms with Gasteiger partial charge >= 0.3 is 6.09 Å². The second-order valence-electron chi connectivity index (χ2n) is 16.5. The Morgan fingerprint density at radius 1 is 0.730 bits per heavy atom. The molecule has 2 unspecified atom stereocenters. The van der Waals surface area contributed by atoms with E-state index in [1.807, 2.05) is 127 Å². The molecule has 2 amide bonds. The number of nitrogens with zero attached hydrogens (tertiary/aromatic N) is 4. The average Bonchev–Trinajstić information content (AvgIpc) is 4.01. The maximum atomic E-state index is 12.0. The van der Waals surface area contributed by atoms with Crippen LogP contribution in [0.25, 0.3) is 33.9 Å². The summed E-state index contributed by atoms with van der Waals surface area (Å²) >= 11 is 12.2. The highest BCUT2D eigenvalue weighted by Gasteiger charge is 2.32. The van der Waals surface area contributed by atoms with Gasteiger partial charge in [0.05, 0.1) is 37.0 Å². The predicted molar refractivity (Wildman–Crippen MR) is 247 cm³/mol. The van der Waals surface area contributed by atoms with E-state index in [9.17, 15) is 14.4 Å². The SMILES string of the molecule is CC(N)=O.COc1ccccc1-n1nc2c(c1-c1ccc(Cl)cc1)CC(CC=O)C2.COc1ccccc1-n1nc2c(c1-c1ccc(Cl)cc1)CC(CCNC(=O)OC(C)(C)C)C2. The Morgan fingerprint density at radius 2 is 1.16 bits per heavy atom. The number of amides is 2. The van der Waals surface area contributed by atoms with Crippen molar-refractivity contribution in [3.05, 3.63) is 130 Å². The van der Waals surface area contributed by atoms with Crippen LogP contribution < -0.4 is 20.5 Å². The van der Waals surface area contributed by atoms with Crippen molar-refractivity contribution in [3.63, 3.8) is 0 Å². The third-order valence-corrected chi connectivity index (χ3v) is 11.1. The van der Waals surface area contributed by atoms with Crippen molar-refractivity contribution < 1.29 is 28.6 Å². The molecule has 2 aliphatic carbocycles. The number of methoxy groups -OCH3 is 2. The van der Waals surface area contributed by atoms with E-state index in [0.29, 0.717) is 34.8 Å². The van der Waals surface area contributed by atoms with Gasteiger partial charge in [-0.2, -0.15) is 10.2 Å². The molecule has 2 atom stereocenters. The minimum Gasteiger partial charge on any atom is -0.494 e. The maximum absolute atomic E-state index is 12.0. The van der Waals surface area contributed by atoms with Gasteiger partial charge in [0.2, 0.25) is 5.91 Å². The van der Waals surface area contributed by atoms with E-state index in [0.717, 1.165) is 95.2 Å². The molecule has 6 aromatic rings. The van der Waals surface area contributed by atoms with Gasteiger partial charge in [-0.25, -0.2) is 14.2 Å². The molecule has 0 fully saturated rings. The van der Waals surface area contributed by atoms with Crippen molar-refractivity contribution in [2.45, 2.75) is 71.8 Å². The van der Waals surface area contributed by atoms with E-state index >= 15 is 0 Å². The highest BCUT2D eigenvalue weighted by atomic mass is 35.5. The summed E-state index contributed by atoms with van der Waals surface area (Å²) in [5.74, 6) is 1.96. The fourth-order valence-corrected chi connectivity index (χ4v) is 8.23. The molecule has 0 spiro atoms. The molecule has 12 nitrogen and oxygen atoms in total. The van der Waals surface area contributed by atoms with Crippen LogP contribution in [-0.4, -0.2) is 64.2 Å². The topological polar surface area (TPSA) is 153 Å². The van der Waals surface area contributed by atoms with Crippen LogP contribution in [-0.2, 0) is 40.0 Å². The number of aldehydes is 1. The number of nitrogens with two attached hydrogens (primary N) is 1. The number of hydrogen-bond donors (Lipinski definition) is 2. The van der Waals surface area contributed by atoms with E-state index in [1.165, 1.54) is 18.1 Å². The Morgan fingerprint density at radius 3 is 1.59 bits per heavy atom. The molecule has 0 radical (unpaired) electrons. The summed E-state index contributed by atoms with van der Waals surface area (Å²) in [7, 11) is 3.34.